The van der Waals surface area contributed by atoms with Crippen LogP contribution in [-0.4, -0.2) is 41.9 Å². The van der Waals surface area contributed by atoms with Gasteiger partial charge in [0.05, 0.1) is 5.92 Å². The van der Waals surface area contributed by atoms with Gasteiger partial charge in [0.25, 0.3) is 0 Å². The molecule has 1 aliphatic heterocycles. The minimum Gasteiger partial charge on any atom is -0.352 e. The van der Waals surface area contributed by atoms with Crippen molar-refractivity contribution in [2.45, 2.75) is 51.6 Å². The maximum Gasteiger partial charge on any atom is 0.227 e. The smallest absolute Gasteiger partial charge is 0.227 e. The molecule has 108 valence electrons. The Morgan fingerprint density at radius 1 is 1.26 bits per heavy atom. The van der Waals surface area contributed by atoms with Crippen molar-refractivity contribution in [3.8, 4) is 0 Å². The molecule has 5 nitrogen and oxygen atoms in total. The highest BCUT2D eigenvalue weighted by atomic mass is 16.2. The molecule has 1 heterocycles. The fourth-order valence-corrected chi connectivity index (χ4v) is 3.46. The second-order valence-corrected chi connectivity index (χ2v) is 6.07. The Morgan fingerprint density at radius 3 is 2.63 bits per heavy atom. The van der Waals surface area contributed by atoms with Gasteiger partial charge in [0, 0.05) is 32.1 Å². The van der Waals surface area contributed by atoms with E-state index >= 15 is 0 Å². The summed E-state index contributed by atoms with van der Waals surface area (Å²) < 4.78 is 0. The third-order valence-electron chi connectivity index (χ3n) is 4.46. The van der Waals surface area contributed by atoms with E-state index in [9.17, 15) is 9.59 Å². The van der Waals surface area contributed by atoms with Crippen molar-refractivity contribution >= 4 is 11.8 Å². The molecule has 4 unspecified atom stereocenters. The molecule has 0 aromatic rings. The van der Waals surface area contributed by atoms with E-state index in [2.05, 4.69) is 12.2 Å². The number of nitrogens with one attached hydrogen (secondary N) is 1. The molecule has 1 aliphatic carbocycles. The van der Waals surface area contributed by atoms with Gasteiger partial charge >= 0.3 is 0 Å². The van der Waals surface area contributed by atoms with Crippen LogP contribution in [0.25, 0.3) is 0 Å². The minimum atomic E-state index is -0.0372. The zero-order chi connectivity index (χ0) is 14.0. The van der Waals surface area contributed by atoms with Gasteiger partial charge in [-0.3, -0.25) is 9.59 Å². The van der Waals surface area contributed by atoms with Gasteiger partial charge in [0.1, 0.15) is 0 Å². The second-order valence-electron chi connectivity index (χ2n) is 6.07. The summed E-state index contributed by atoms with van der Waals surface area (Å²) in [6.45, 7) is 5.01. The first-order valence-electron chi connectivity index (χ1n) is 7.30. The molecule has 0 radical (unpaired) electrons. The number of hydrogen-bond donors (Lipinski definition) is 2. The molecule has 1 saturated carbocycles. The Kier molecular flexibility index (Phi) is 4.45. The highest BCUT2D eigenvalue weighted by molar-refractivity contribution is 5.80. The topological polar surface area (TPSA) is 75.4 Å². The number of nitrogens with zero attached hydrogens (tertiary/aromatic N) is 1. The summed E-state index contributed by atoms with van der Waals surface area (Å²) >= 11 is 0. The van der Waals surface area contributed by atoms with Crippen molar-refractivity contribution in [2.24, 2.45) is 17.6 Å². The Morgan fingerprint density at radius 2 is 2.00 bits per heavy atom. The average molecular weight is 267 g/mol. The molecule has 2 rings (SSSR count). The Balaban J connectivity index is 1.94. The van der Waals surface area contributed by atoms with Gasteiger partial charge in [0.2, 0.25) is 11.8 Å². The molecule has 19 heavy (non-hydrogen) atoms. The lowest BCUT2D eigenvalue weighted by atomic mass is 9.76. The van der Waals surface area contributed by atoms with Crippen molar-refractivity contribution in [3.05, 3.63) is 0 Å². The molecule has 0 spiro atoms. The Hall–Kier alpha value is -1.10. The molecular formula is C14H25N3O2. The molecule has 4 atom stereocenters. The maximum absolute atomic E-state index is 12.6. The van der Waals surface area contributed by atoms with Crippen LogP contribution in [0.2, 0.25) is 0 Å². The lowest BCUT2D eigenvalue weighted by molar-refractivity contribution is -0.138. The third-order valence-corrected chi connectivity index (χ3v) is 4.46. The number of likely N-dealkylation sites (tertiary alicyclic amines) is 1. The molecular weight excluding hydrogens is 242 g/mol. The highest BCUT2D eigenvalue weighted by Gasteiger charge is 2.38. The van der Waals surface area contributed by atoms with E-state index in [1.807, 2.05) is 4.90 Å². The number of rotatable bonds is 2. The van der Waals surface area contributed by atoms with E-state index in [4.69, 9.17) is 5.73 Å². The Bertz CT molecular complexity index is 349. The zero-order valence-corrected chi connectivity index (χ0v) is 11.9. The second kappa shape index (κ2) is 5.90. The molecule has 3 N–H and O–H groups in total. The maximum atomic E-state index is 12.6. The normalized spacial score (nSPS) is 35.2. The Labute approximate surface area is 114 Å². The van der Waals surface area contributed by atoms with Crippen LogP contribution in [0.1, 0.15) is 39.5 Å². The van der Waals surface area contributed by atoms with E-state index in [0.717, 1.165) is 32.2 Å². The molecule has 2 aliphatic rings. The molecule has 2 fully saturated rings. The monoisotopic (exact) mass is 267 g/mol. The van der Waals surface area contributed by atoms with Crippen molar-refractivity contribution in [1.82, 2.24) is 10.2 Å². The van der Waals surface area contributed by atoms with Crippen LogP contribution in [0.3, 0.4) is 0 Å². The summed E-state index contributed by atoms with van der Waals surface area (Å²) in [5, 5.41) is 2.89. The van der Waals surface area contributed by atoms with Gasteiger partial charge in [-0.15, -0.1) is 0 Å². The predicted octanol–water partition coefficient (Wildman–Crippen LogP) is 0.487. The summed E-state index contributed by atoms with van der Waals surface area (Å²) in [4.78, 5) is 25.5. The lowest BCUT2D eigenvalue weighted by Crippen LogP contribution is -2.49. The van der Waals surface area contributed by atoms with Gasteiger partial charge in [-0.2, -0.15) is 0 Å². The van der Waals surface area contributed by atoms with Crippen molar-refractivity contribution in [1.29, 1.82) is 0 Å². The van der Waals surface area contributed by atoms with Gasteiger partial charge in [-0.1, -0.05) is 13.3 Å². The molecule has 2 amide bonds. The van der Waals surface area contributed by atoms with Gasteiger partial charge in [0.15, 0.2) is 0 Å². The van der Waals surface area contributed by atoms with Crippen LogP contribution in [0, 0.1) is 11.8 Å². The summed E-state index contributed by atoms with van der Waals surface area (Å²) in [6, 6.07) is 0.104. The number of hydrogen-bond acceptors (Lipinski definition) is 3. The van der Waals surface area contributed by atoms with Gasteiger partial charge < -0.3 is 16.0 Å². The SMILES string of the molecule is CC(=O)NC1CCN(C(=O)C2C(C)CCCC2N)C1. The van der Waals surface area contributed by atoms with Crippen molar-refractivity contribution in [2.75, 3.05) is 13.1 Å². The van der Waals surface area contributed by atoms with E-state index < -0.39 is 0 Å². The van der Waals surface area contributed by atoms with E-state index in [-0.39, 0.29) is 29.8 Å². The summed E-state index contributed by atoms with van der Waals surface area (Å²) in [5.41, 5.74) is 6.14. The lowest BCUT2D eigenvalue weighted by Gasteiger charge is -2.35. The standard InChI is InChI=1S/C14H25N3O2/c1-9-4-3-5-12(15)13(9)14(19)17-7-6-11(8-17)16-10(2)18/h9,11-13H,3-8,15H2,1-2H3,(H,16,18). The first kappa shape index (κ1) is 14.3. The number of nitrogens with two attached hydrogens (primary N) is 1. The molecule has 0 aromatic heterocycles. The van der Waals surface area contributed by atoms with Crippen molar-refractivity contribution in [3.63, 3.8) is 0 Å². The number of carbonyl (C=O) groups excluding carboxylic acids is 2. The van der Waals surface area contributed by atoms with E-state index in [0.29, 0.717) is 12.5 Å². The van der Waals surface area contributed by atoms with Crippen LogP contribution in [0.5, 0.6) is 0 Å². The van der Waals surface area contributed by atoms with Crippen LogP contribution in [0.15, 0.2) is 0 Å². The summed E-state index contributed by atoms with van der Waals surface area (Å²) in [7, 11) is 0. The fraction of sp³-hybridized carbons (Fsp3) is 0.857. The summed E-state index contributed by atoms with van der Waals surface area (Å²) in [6.07, 6.45) is 4.01. The number of amides is 2. The minimum absolute atomic E-state index is 0.00364. The average Bonchev–Trinajstić information content (AvgIpc) is 2.76. The quantitative estimate of drug-likeness (QED) is 0.764. The van der Waals surface area contributed by atoms with Crippen molar-refractivity contribution < 1.29 is 9.59 Å². The first-order chi connectivity index (χ1) is 8.99. The van der Waals surface area contributed by atoms with Crippen LogP contribution < -0.4 is 11.1 Å². The molecule has 5 heteroatoms. The first-order valence-corrected chi connectivity index (χ1v) is 7.30. The fourth-order valence-electron chi connectivity index (χ4n) is 3.46. The van der Waals surface area contributed by atoms with Gasteiger partial charge in [-0.25, -0.2) is 0 Å². The molecule has 1 saturated heterocycles. The zero-order valence-electron chi connectivity index (χ0n) is 11.9. The van der Waals surface area contributed by atoms with E-state index in [1.54, 1.807) is 0 Å². The van der Waals surface area contributed by atoms with E-state index in [1.165, 1.54) is 6.92 Å². The molecule has 0 aromatic carbocycles. The molecule has 0 bridgehead atoms. The van der Waals surface area contributed by atoms with Crippen LogP contribution in [-0.2, 0) is 9.59 Å². The highest BCUT2D eigenvalue weighted by Crippen LogP contribution is 2.31. The summed E-state index contributed by atoms with van der Waals surface area (Å²) in [5.74, 6) is 0.496. The van der Waals surface area contributed by atoms with Crippen LogP contribution in [0.4, 0.5) is 0 Å². The predicted molar refractivity (Wildman–Crippen MR) is 73.3 cm³/mol. The largest absolute Gasteiger partial charge is 0.352 e. The van der Waals surface area contributed by atoms with Gasteiger partial charge in [-0.05, 0) is 25.2 Å². The number of carbonyl (C=O) groups is 2. The third kappa shape index (κ3) is 3.26. The van der Waals surface area contributed by atoms with Crippen LogP contribution >= 0.6 is 0 Å².